The van der Waals surface area contributed by atoms with E-state index in [1.54, 1.807) is 7.11 Å². The van der Waals surface area contributed by atoms with Crippen LogP contribution in [0.3, 0.4) is 0 Å². The summed E-state index contributed by atoms with van der Waals surface area (Å²) in [5.41, 5.74) is 1.01. The van der Waals surface area contributed by atoms with Crippen molar-refractivity contribution in [3.05, 3.63) is 42.0 Å². The number of nitrogens with zero attached hydrogens (tertiary/aromatic N) is 1. The monoisotopic (exact) mass is 345 g/mol. The smallest absolute Gasteiger partial charge is 0.223 e. The van der Waals surface area contributed by atoms with Crippen molar-refractivity contribution in [2.24, 2.45) is 5.92 Å². The largest absolute Gasteiger partial charge is 0.497 e. The predicted octanol–water partition coefficient (Wildman–Crippen LogP) is 3.54. The van der Waals surface area contributed by atoms with Gasteiger partial charge in [0.15, 0.2) is 0 Å². The van der Waals surface area contributed by atoms with Gasteiger partial charge in [-0.3, -0.25) is 4.79 Å². The Morgan fingerprint density at radius 1 is 1.40 bits per heavy atom. The zero-order valence-electron chi connectivity index (χ0n) is 15.9. The summed E-state index contributed by atoms with van der Waals surface area (Å²) in [4.78, 5) is 14.7. The molecule has 0 radical (unpaired) electrons. The van der Waals surface area contributed by atoms with Crippen molar-refractivity contribution in [1.82, 2.24) is 4.90 Å². The van der Waals surface area contributed by atoms with Crippen LogP contribution >= 0.6 is 0 Å². The molecule has 0 aliphatic carbocycles. The number of likely N-dealkylation sites (tertiary alicyclic amines) is 1. The van der Waals surface area contributed by atoms with Gasteiger partial charge in [-0.25, -0.2) is 0 Å². The molecule has 1 fully saturated rings. The first-order chi connectivity index (χ1) is 11.9. The molecule has 0 bridgehead atoms. The lowest BCUT2D eigenvalue weighted by atomic mass is 9.71. The maximum absolute atomic E-state index is 12.8. The zero-order chi connectivity index (χ0) is 18.4. The highest BCUT2D eigenvalue weighted by Crippen LogP contribution is 2.36. The Bertz CT molecular complexity index is 592. The molecule has 25 heavy (non-hydrogen) atoms. The molecule has 2 rings (SSSR count). The molecule has 1 amide bonds. The van der Waals surface area contributed by atoms with E-state index in [2.05, 4.69) is 32.1 Å². The van der Waals surface area contributed by atoms with Gasteiger partial charge in [0.2, 0.25) is 5.91 Å². The average molecular weight is 345 g/mol. The van der Waals surface area contributed by atoms with Crippen molar-refractivity contribution in [3.8, 4) is 5.75 Å². The number of allylic oxidation sites excluding steroid dienone is 2. The lowest BCUT2D eigenvalue weighted by molar-refractivity contribution is -0.133. The van der Waals surface area contributed by atoms with E-state index in [4.69, 9.17) is 4.74 Å². The first-order valence-electron chi connectivity index (χ1n) is 9.11. The van der Waals surface area contributed by atoms with Crippen molar-refractivity contribution in [3.63, 3.8) is 0 Å². The fraction of sp³-hybridized carbons (Fsp3) is 0.571. The van der Waals surface area contributed by atoms with Gasteiger partial charge in [-0.2, -0.15) is 0 Å². The fourth-order valence-electron chi connectivity index (χ4n) is 3.69. The first kappa shape index (κ1) is 19.5. The Morgan fingerprint density at radius 2 is 2.08 bits per heavy atom. The molecule has 1 aliphatic heterocycles. The van der Waals surface area contributed by atoms with E-state index in [9.17, 15) is 9.90 Å². The molecular formula is C21H31NO3. The van der Waals surface area contributed by atoms with Gasteiger partial charge in [-0.1, -0.05) is 38.1 Å². The standard InChI is InChI=1S/C21H31NO3/c1-5-7-17(14-20(24)22-13-6-8-18(22)15-23)21(2,3)16-9-11-19(25-4)12-10-16/h5,7,9-12,17-18,23H,6,8,13-15H2,1-4H3/b7-5+/t17-,18+/m1/s1. The number of methoxy groups -OCH3 is 1. The van der Waals surface area contributed by atoms with E-state index in [0.29, 0.717) is 6.42 Å². The van der Waals surface area contributed by atoms with E-state index in [-0.39, 0.29) is 29.9 Å². The second-order valence-corrected chi connectivity index (χ2v) is 7.35. The van der Waals surface area contributed by atoms with E-state index in [1.165, 1.54) is 5.56 Å². The zero-order valence-corrected chi connectivity index (χ0v) is 15.9. The van der Waals surface area contributed by atoms with Gasteiger partial charge >= 0.3 is 0 Å². The maximum Gasteiger partial charge on any atom is 0.223 e. The van der Waals surface area contributed by atoms with Gasteiger partial charge < -0.3 is 14.7 Å². The third kappa shape index (κ3) is 4.43. The van der Waals surface area contributed by atoms with E-state index in [1.807, 2.05) is 30.0 Å². The number of aliphatic hydroxyl groups excluding tert-OH is 1. The van der Waals surface area contributed by atoms with Crippen molar-refractivity contribution in [2.75, 3.05) is 20.3 Å². The summed E-state index contributed by atoms with van der Waals surface area (Å²) in [7, 11) is 1.66. The number of carbonyl (C=O) groups is 1. The molecule has 1 aromatic rings. The molecule has 4 heteroatoms. The van der Waals surface area contributed by atoms with Gasteiger partial charge in [-0.05, 0) is 48.8 Å². The van der Waals surface area contributed by atoms with Crippen LogP contribution in [0.1, 0.15) is 45.6 Å². The average Bonchev–Trinajstić information content (AvgIpc) is 3.10. The molecule has 138 valence electrons. The van der Waals surface area contributed by atoms with Gasteiger partial charge in [0, 0.05) is 13.0 Å². The molecular weight excluding hydrogens is 314 g/mol. The number of amides is 1. The topological polar surface area (TPSA) is 49.8 Å². The molecule has 1 aliphatic rings. The Morgan fingerprint density at radius 3 is 2.64 bits per heavy atom. The number of ether oxygens (including phenoxy) is 1. The van der Waals surface area contributed by atoms with Crippen LogP contribution in [0.15, 0.2) is 36.4 Å². The summed E-state index contributed by atoms with van der Waals surface area (Å²) in [6, 6.07) is 8.07. The minimum atomic E-state index is -0.178. The number of hydrogen-bond donors (Lipinski definition) is 1. The Kier molecular flexibility index (Phi) is 6.65. The van der Waals surface area contributed by atoms with Crippen LogP contribution < -0.4 is 4.74 Å². The molecule has 0 aromatic heterocycles. The molecule has 0 unspecified atom stereocenters. The van der Waals surface area contributed by atoms with Crippen LogP contribution in [0.5, 0.6) is 5.75 Å². The second kappa shape index (κ2) is 8.52. The lowest BCUT2D eigenvalue weighted by Crippen LogP contribution is -2.40. The molecule has 1 aromatic carbocycles. The van der Waals surface area contributed by atoms with Crippen LogP contribution in [0.2, 0.25) is 0 Å². The van der Waals surface area contributed by atoms with Crippen LogP contribution in [0.25, 0.3) is 0 Å². The molecule has 1 N–H and O–H groups in total. The van der Waals surface area contributed by atoms with Crippen molar-refractivity contribution in [1.29, 1.82) is 0 Å². The van der Waals surface area contributed by atoms with Crippen LogP contribution in [-0.4, -0.2) is 42.2 Å². The highest BCUT2D eigenvalue weighted by Gasteiger charge is 2.35. The predicted molar refractivity (Wildman–Crippen MR) is 101 cm³/mol. The number of hydrogen-bond acceptors (Lipinski definition) is 3. The van der Waals surface area contributed by atoms with Crippen molar-refractivity contribution < 1.29 is 14.6 Å². The maximum atomic E-state index is 12.8. The van der Waals surface area contributed by atoms with Gasteiger partial charge in [0.1, 0.15) is 5.75 Å². The number of rotatable bonds is 7. The van der Waals surface area contributed by atoms with Crippen LogP contribution in [0.4, 0.5) is 0 Å². The SMILES string of the molecule is C/C=C/[C@H](CC(=O)N1CCC[C@H]1CO)C(C)(C)c1ccc(OC)cc1. The third-order valence-electron chi connectivity index (χ3n) is 5.49. The minimum absolute atomic E-state index is 0.0112. The Labute approximate surface area is 151 Å². The third-order valence-corrected chi connectivity index (χ3v) is 5.49. The van der Waals surface area contributed by atoms with E-state index < -0.39 is 0 Å². The summed E-state index contributed by atoms with van der Waals surface area (Å²) in [5.74, 6) is 1.07. The molecule has 1 heterocycles. The van der Waals surface area contributed by atoms with E-state index in [0.717, 1.165) is 25.1 Å². The normalized spacial score (nSPS) is 19.4. The summed E-state index contributed by atoms with van der Waals surface area (Å²) < 4.78 is 5.25. The van der Waals surface area contributed by atoms with Crippen LogP contribution in [-0.2, 0) is 10.2 Å². The molecule has 0 saturated carbocycles. The Hall–Kier alpha value is -1.81. The van der Waals surface area contributed by atoms with Gasteiger partial charge in [0.05, 0.1) is 19.8 Å². The van der Waals surface area contributed by atoms with Crippen molar-refractivity contribution >= 4 is 5.91 Å². The number of benzene rings is 1. The second-order valence-electron chi connectivity index (χ2n) is 7.35. The summed E-state index contributed by atoms with van der Waals surface area (Å²) in [6.07, 6.45) is 6.49. The summed E-state index contributed by atoms with van der Waals surface area (Å²) in [6.45, 7) is 7.17. The number of carbonyl (C=O) groups excluding carboxylic acids is 1. The van der Waals surface area contributed by atoms with Gasteiger partial charge in [0.25, 0.3) is 0 Å². The Balaban J connectivity index is 2.18. The number of aliphatic hydroxyl groups is 1. The summed E-state index contributed by atoms with van der Waals surface area (Å²) >= 11 is 0. The quantitative estimate of drug-likeness (QED) is 0.769. The molecule has 4 nitrogen and oxygen atoms in total. The highest BCUT2D eigenvalue weighted by atomic mass is 16.5. The molecule has 0 spiro atoms. The molecule has 2 atom stereocenters. The fourth-order valence-corrected chi connectivity index (χ4v) is 3.69. The summed E-state index contributed by atoms with van der Waals surface area (Å²) in [5, 5.41) is 9.49. The van der Waals surface area contributed by atoms with Crippen LogP contribution in [0, 0.1) is 5.92 Å². The van der Waals surface area contributed by atoms with Crippen molar-refractivity contribution in [2.45, 2.75) is 51.5 Å². The van der Waals surface area contributed by atoms with E-state index >= 15 is 0 Å². The highest BCUT2D eigenvalue weighted by molar-refractivity contribution is 5.77. The molecule has 1 saturated heterocycles. The van der Waals surface area contributed by atoms with Gasteiger partial charge in [-0.15, -0.1) is 0 Å². The lowest BCUT2D eigenvalue weighted by Gasteiger charge is -2.34. The minimum Gasteiger partial charge on any atom is -0.497 e. The first-order valence-corrected chi connectivity index (χ1v) is 9.11.